The molecule has 0 unspecified atom stereocenters. The normalized spacial score (nSPS) is 18.5. The van der Waals surface area contributed by atoms with E-state index < -0.39 is 23.2 Å². The maximum Gasteiger partial charge on any atom is 0.415 e. The van der Waals surface area contributed by atoms with Crippen molar-refractivity contribution in [3.05, 3.63) is 11.5 Å². The summed E-state index contributed by atoms with van der Waals surface area (Å²) >= 11 is 0. The summed E-state index contributed by atoms with van der Waals surface area (Å²) in [7, 11) is 1.20. The standard InChI is InChI=1S/C13H21NO5/c1-12(2,3)19-11(17)14-9(10(16)18-6)8(15)7-13(14,4)5/h15H,7H2,1-6H3. The Balaban J connectivity index is 3.12. The Kier molecular flexibility index (Phi) is 3.84. The van der Waals surface area contributed by atoms with E-state index in [1.54, 1.807) is 34.6 Å². The number of methoxy groups -OCH3 is 1. The van der Waals surface area contributed by atoms with Gasteiger partial charge in [-0.05, 0) is 34.6 Å². The average Bonchev–Trinajstić information content (AvgIpc) is 2.44. The van der Waals surface area contributed by atoms with Crippen LogP contribution in [0.25, 0.3) is 0 Å². The van der Waals surface area contributed by atoms with E-state index in [4.69, 9.17) is 4.74 Å². The molecule has 1 rings (SSSR count). The molecule has 0 aromatic rings. The maximum absolute atomic E-state index is 12.2. The molecule has 1 amide bonds. The number of esters is 1. The summed E-state index contributed by atoms with van der Waals surface area (Å²) < 4.78 is 9.87. The van der Waals surface area contributed by atoms with Gasteiger partial charge in [0.25, 0.3) is 0 Å². The van der Waals surface area contributed by atoms with Gasteiger partial charge in [0.1, 0.15) is 11.4 Å². The summed E-state index contributed by atoms with van der Waals surface area (Å²) in [5.41, 5.74) is -1.58. The molecule has 6 heteroatoms. The van der Waals surface area contributed by atoms with E-state index in [2.05, 4.69) is 4.74 Å². The zero-order valence-electron chi connectivity index (χ0n) is 12.2. The lowest BCUT2D eigenvalue weighted by Crippen LogP contribution is -2.47. The fraction of sp³-hybridized carbons (Fsp3) is 0.692. The molecular weight excluding hydrogens is 250 g/mol. The van der Waals surface area contributed by atoms with Gasteiger partial charge in [0, 0.05) is 6.42 Å². The molecule has 0 spiro atoms. The summed E-state index contributed by atoms with van der Waals surface area (Å²) in [5.74, 6) is -0.920. The summed E-state index contributed by atoms with van der Waals surface area (Å²) in [5, 5.41) is 9.87. The van der Waals surface area contributed by atoms with Gasteiger partial charge in [-0.2, -0.15) is 0 Å². The Labute approximate surface area is 113 Å². The molecule has 6 nitrogen and oxygen atoms in total. The first kappa shape index (κ1) is 15.3. The number of rotatable bonds is 1. The minimum atomic E-state index is -0.756. The molecule has 1 N–H and O–H groups in total. The quantitative estimate of drug-likeness (QED) is 0.741. The van der Waals surface area contributed by atoms with Gasteiger partial charge in [0.05, 0.1) is 12.6 Å². The Morgan fingerprint density at radius 2 is 1.84 bits per heavy atom. The van der Waals surface area contributed by atoms with Gasteiger partial charge in [0.15, 0.2) is 5.70 Å². The second-order valence-electron chi connectivity index (χ2n) is 6.09. The van der Waals surface area contributed by atoms with E-state index in [-0.39, 0.29) is 17.9 Å². The van der Waals surface area contributed by atoms with Crippen LogP contribution in [0, 0.1) is 0 Å². The Morgan fingerprint density at radius 1 is 1.32 bits per heavy atom. The van der Waals surface area contributed by atoms with Crippen molar-refractivity contribution >= 4 is 12.1 Å². The molecule has 0 aliphatic carbocycles. The van der Waals surface area contributed by atoms with Crippen molar-refractivity contribution in [2.45, 2.75) is 52.2 Å². The monoisotopic (exact) mass is 271 g/mol. The van der Waals surface area contributed by atoms with E-state index in [9.17, 15) is 14.7 Å². The molecule has 0 aromatic heterocycles. The van der Waals surface area contributed by atoms with E-state index in [0.717, 1.165) is 4.90 Å². The molecule has 1 aliphatic heterocycles. The molecule has 0 saturated heterocycles. The number of carbonyl (C=O) groups excluding carboxylic acids is 2. The molecule has 108 valence electrons. The molecule has 0 bridgehead atoms. The smallest absolute Gasteiger partial charge is 0.415 e. The van der Waals surface area contributed by atoms with Gasteiger partial charge in [-0.3, -0.25) is 4.90 Å². The molecule has 0 saturated carbocycles. The van der Waals surface area contributed by atoms with Crippen molar-refractivity contribution in [1.82, 2.24) is 4.90 Å². The first-order valence-electron chi connectivity index (χ1n) is 6.03. The Hall–Kier alpha value is -1.72. The van der Waals surface area contributed by atoms with E-state index in [0.29, 0.717) is 0 Å². The van der Waals surface area contributed by atoms with Crippen LogP contribution < -0.4 is 0 Å². The van der Waals surface area contributed by atoms with Crippen LogP contribution >= 0.6 is 0 Å². The molecule has 0 aromatic carbocycles. The van der Waals surface area contributed by atoms with Crippen molar-refractivity contribution in [2.24, 2.45) is 0 Å². The van der Waals surface area contributed by atoms with Gasteiger partial charge < -0.3 is 14.6 Å². The molecule has 1 aliphatic rings. The van der Waals surface area contributed by atoms with Crippen LogP contribution in [0.2, 0.25) is 0 Å². The number of hydrogen-bond acceptors (Lipinski definition) is 5. The molecule has 0 fully saturated rings. The summed E-state index contributed by atoms with van der Waals surface area (Å²) in [6.07, 6.45) is -0.501. The van der Waals surface area contributed by atoms with Crippen LogP contribution in [0.15, 0.2) is 11.5 Å². The SMILES string of the molecule is COC(=O)C1=C(O)CC(C)(C)N1C(=O)OC(C)(C)C. The van der Waals surface area contributed by atoms with Crippen molar-refractivity contribution in [3.8, 4) is 0 Å². The minimum Gasteiger partial charge on any atom is -0.510 e. The van der Waals surface area contributed by atoms with E-state index in [1.165, 1.54) is 7.11 Å². The van der Waals surface area contributed by atoms with E-state index >= 15 is 0 Å². The van der Waals surface area contributed by atoms with Crippen LogP contribution in [0.4, 0.5) is 4.79 Å². The zero-order valence-corrected chi connectivity index (χ0v) is 12.2. The Morgan fingerprint density at radius 3 is 2.26 bits per heavy atom. The highest BCUT2D eigenvalue weighted by molar-refractivity contribution is 5.94. The number of amides is 1. The van der Waals surface area contributed by atoms with Crippen LogP contribution in [-0.4, -0.2) is 40.3 Å². The second kappa shape index (κ2) is 4.75. The lowest BCUT2D eigenvalue weighted by Gasteiger charge is -2.34. The van der Waals surface area contributed by atoms with Crippen molar-refractivity contribution in [1.29, 1.82) is 0 Å². The number of ether oxygens (including phenoxy) is 2. The zero-order chi connectivity index (χ0) is 15.0. The summed E-state index contributed by atoms with van der Waals surface area (Å²) in [4.78, 5) is 25.1. The van der Waals surface area contributed by atoms with Crippen molar-refractivity contribution in [2.75, 3.05) is 7.11 Å². The van der Waals surface area contributed by atoms with Crippen LogP contribution in [0.3, 0.4) is 0 Å². The third-order valence-corrected chi connectivity index (χ3v) is 2.66. The third-order valence-electron chi connectivity index (χ3n) is 2.66. The van der Waals surface area contributed by atoms with E-state index in [1.807, 2.05) is 0 Å². The lowest BCUT2D eigenvalue weighted by molar-refractivity contribution is -0.138. The molecule has 1 heterocycles. The third kappa shape index (κ3) is 3.19. The highest BCUT2D eigenvalue weighted by Crippen LogP contribution is 2.37. The molecular formula is C13H21NO5. The fourth-order valence-electron chi connectivity index (χ4n) is 1.96. The highest BCUT2D eigenvalue weighted by Gasteiger charge is 2.47. The van der Waals surface area contributed by atoms with Gasteiger partial charge in [-0.1, -0.05) is 0 Å². The van der Waals surface area contributed by atoms with Gasteiger partial charge in [-0.25, -0.2) is 9.59 Å². The molecule has 19 heavy (non-hydrogen) atoms. The van der Waals surface area contributed by atoms with Crippen molar-refractivity contribution < 1.29 is 24.2 Å². The highest BCUT2D eigenvalue weighted by atomic mass is 16.6. The van der Waals surface area contributed by atoms with Gasteiger partial charge in [0.2, 0.25) is 0 Å². The first-order chi connectivity index (χ1) is 8.49. The van der Waals surface area contributed by atoms with Gasteiger partial charge in [-0.15, -0.1) is 0 Å². The molecule has 0 atom stereocenters. The largest absolute Gasteiger partial charge is 0.510 e. The maximum atomic E-state index is 12.2. The van der Waals surface area contributed by atoms with Crippen LogP contribution in [0.1, 0.15) is 41.0 Å². The summed E-state index contributed by atoms with van der Waals surface area (Å²) in [6, 6.07) is 0. The van der Waals surface area contributed by atoms with Crippen LogP contribution in [-0.2, 0) is 14.3 Å². The molecule has 0 radical (unpaired) electrons. The number of hydrogen-bond donors (Lipinski definition) is 1. The Bertz CT molecular complexity index is 431. The van der Waals surface area contributed by atoms with Crippen LogP contribution in [0.5, 0.6) is 0 Å². The topological polar surface area (TPSA) is 76.1 Å². The second-order valence-corrected chi connectivity index (χ2v) is 6.09. The number of nitrogens with zero attached hydrogens (tertiary/aromatic N) is 1. The van der Waals surface area contributed by atoms with Crippen molar-refractivity contribution in [3.63, 3.8) is 0 Å². The van der Waals surface area contributed by atoms with Gasteiger partial charge >= 0.3 is 12.1 Å². The minimum absolute atomic E-state index is 0.151. The lowest BCUT2D eigenvalue weighted by atomic mass is 10.0. The number of aliphatic hydroxyl groups excluding tert-OH is 1. The number of aliphatic hydroxyl groups is 1. The predicted octanol–water partition coefficient (Wildman–Crippen LogP) is 2.35. The predicted molar refractivity (Wildman–Crippen MR) is 68.4 cm³/mol. The first-order valence-corrected chi connectivity index (χ1v) is 6.03. The average molecular weight is 271 g/mol. The summed E-state index contributed by atoms with van der Waals surface area (Å²) in [6.45, 7) is 8.67. The fourth-order valence-corrected chi connectivity index (χ4v) is 1.96. The number of carbonyl (C=O) groups is 2.